The van der Waals surface area contributed by atoms with Crippen molar-refractivity contribution >= 4 is 21.5 Å². The SMILES string of the molecule is CNc1nc2ccccn2c1S(=O)(=O)NCC1CCC1. The van der Waals surface area contributed by atoms with Gasteiger partial charge in [-0.1, -0.05) is 12.5 Å². The molecule has 7 heteroatoms. The van der Waals surface area contributed by atoms with Crippen LogP contribution in [-0.4, -0.2) is 31.4 Å². The second kappa shape index (κ2) is 5.06. The summed E-state index contributed by atoms with van der Waals surface area (Å²) in [6, 6.07) is 5.41. The molecule has 2 aromatic rings. The number of anilines is 1. The smallest absolute Gasteiger partial charge is 0.260 e. The molecule has 108 valence electrons. The Kier molecular flexibility index (Phi) is 3.39. The number of fused-ring (bicyclic) bond motifs is 1. The maximum Gasteiger partial charge on any atom is 0.260 e. The van der Waals surface area contributed by atoms with Gasteiger partial charge in [0.15, 0.2) is 10.8 Å². The molecule has 1 saturated carbocycles. The van der Waals surface area contributed by atoms with Gasteiger partial charge in [0.25, 0.3) is 10.0 Å². The lowest BCUT2D eigenvalue weighted by Crippen LogP contribution is -2.33. The first-order valence-electron chi connectivity index (χ1n) is 6.76. The topological polar surface area (TPSA) is 75.5 Å². The van der Waals surface area contributed by atoms with E-state index in [0.717, 1.165) is 12.8 Å². The monoisotopic (exact) mass is 294 g/mol. The van der Waals surface area contributed by atoms with E-state index in [1.54, 1.807) is 29.8 Å². The van der Waals surface area contributed by atoms with Crippen molar-refractivity contribution in [3.63, 3.8) is 0 Å². The van der Waals surface area contributed by atoms with Gasteiger partial charge in [0.1, 0.15) is 5.65 Å². The highest BCUT2D eigenvalue weighted by molar-refractivity contribution is 7.89. The zero-order valence-electron chi connectivity index (χ0n) is 11.3. The summed E-state index contributed by atoms with van der Waals surface area (Å²) in [6.07, 6.45) is 5.12. The van der Waals surface area contributed by atoms with Gasteiger partial charge in [-0.25, -0.2) is 18.1 Å². The van der Waals surface area contributed by atoms with Crippen LogP contribution in [0.4, 0.5) is 5.82 Å². The van der Waals surface area contributed by atoms with E-state index >= 15 is 0 Å². The molecule has 0 bridgehead atoms. The van der Waals surface area contributed by atoms with E-state index in [1.165, 1.54) is 6.42 Å². The third kappa shape index (κ3) is 2.27. The van der Waals surface area contributed by atoms with E-state index in [9.17, 15) is 8.42 Å². The molecule has 0 unspecified atom stereocenters. The molecule has 0 radical (unpaired) electrons. The molecule has 2 heterocycles. The molecule has 1 aliphatic rings. The van der Waals surface area contributed by atoms with Gasteiger partial charge in [-0.3, -0.25) is 4.40 Å². The summed E-state index contributed by atoms with van der Waals surface area (Å²) in [5.41, 5.74) is 0.612. The predicted molar refractivity (Wildman–Crippen MR) is 77.3 cm³/mol. The van der Waals surface area contributed by atoms with E-state index in [0.29, 0.717) is 23.9 Å². The molecule has 0 atom stereocenters. The molecular weight excluding hydrogens is 276 g/mol. The van der Waals surface area contributed by atoms with Crippen LogP contribution in [0.5, 0.6) is 0 Å². The Morgan fingerprint density at radius 3 is 2.85 bits per heavy atom. The number of imidazole rings is 1. The second-order valence-electron chi connectivity index (χ2n) is 5.09. The fraction of sp³-hybridized carbons (Fsp3) is 0.462. The lowest BCUT2D eigenvalue weighted by Gasteiger charge is -2.25. The largest absolute Gasteiger partial charge is 0.371 e. The first-order chi connectivity index (χ1) is 9.62. The van der Waals surface area contributed by atoms with Crippen LogP contribution in [0.15, 0.2) is 29.4 Å². The van der Waals surface area contributed by atoms with Gasteiger partial charge in [-0.2, -0.15) is 0 Å². The van der Waals surface area contributed by atoms with Crippen molar-refractivity contribution < 1.29 is 8.42 Å². The lowest BCUT2D eigenvalue weighted by atomic mass is 9.86. The van der Waals surface area contributed by atoms with Gasteiger partial charge in [0.2, 0.25) is 0 Å². The Labute approximate surface area is 118 Å². The number of aromatic nitrogens is 2. The summed E-state index contributed by atoms with van der Waals surface area (Å²) in [7, 11) is -1.90. The number of sulfonamides is 1. The highest BCUT2D eigenvalue weighted by Gasteiger charge is 2.26. The van der Waals surface area contributed by atoms with E-state index < -0.39 is 10.0 Å². The summed E-state index contributed by atoms with van der Waals surface area (Å²) >= 11 is 0. The van der Waals surface area contributed by atoms with E-state index in [-0.39, 0.29) is 5.03 Å². The second-order valence-corrected chi connectivity index (χ2v) is 6.78. The van der Waals surface area contributed by atoms with Gasteiger partial charge in [0, 0.05) is 19.8 Å². The number of nitrogens with zero attached hydrogens (tertiary/aromatic N) is 2. The van der Waals surface area contributed by atoms with Crippen LogP contribution in [0.3, 0.4) is 0 Å². The standard InChI is InChI=1S/C13H18N4O2S/c1-14-12-13(17-8-3-2-7-11(17)16-12)20(18,19)15-9-10-5-4-6-10/h2-3,7-8,10,14-15H,4-6,9H2,1H3. The van der Waals surface area contributed by atoms with Crippen LogP contribution in [0, 0.1) is 5.92 Å². The maximum absolute atomic E-state index is 12.5. The van der Waals surface area contributed by atoms with Gasteiger partial charge >= 0.3 is 0 Å². The maximum atomic E-state index is 12.5. The molecule has 0 amide bonds. The Bertz CT molecular complexity index is 719. The number of hydrogen-bond donors (Lipinski definition) is 2. The highest BCUT2D eigenvalue weighted by Crippen LogP contribution is 2.27. The van der Waals surface area contributed by atoms with Gasteiger partial charge in [-0.15, -0.1) is 0 Å². The van der Waals surface area contributed by atoms with Crippen molar-refractivity contribution in [2.24, 2.45) is 5.92 Å². The molecule has 0 aliphatic heterocycles. The molecule has 20 heavy (non-hydrogen) atoms. The van der Waals surface area contributed by atoms with Crippen molar-refractivity contribution in [1.82, 2.24) is 14.1 Å². The van der Waals surface area contributed by atoms with Gasteiger partial charge in [-0.05, 0) is 30.9 Å². The quantitative estimate of drug-likeness (QED) is 0.875. The molecule has 0 aromatic carbocycles. The van der Waals surface area contributed by atoms with Crippen molar-refractivity contribution in [3.05, 3.63) is 24.4 Å². The summed E-state index contributed by atoms with van der Waals surface area (Å²) in [5, 5.41) is 3.03. The van der Waals surface area contributed by atoms with Crippen molar-refractivity contribution in [2.45, 2.75) is 24.3 Å². The average Bonchev–Trinajstić information content (AvgIpc) is 2.75. The van der Waals surface area contributed by atoms with Crippen molar-refractivity contribution in [3.8, 4) is 0 Å². The highest BCUT2D eigenvalue weighted by atomic mass is 32.2. The molecule has 6 nitrogen and oxygen atoms in total. The molecule has 1 aliphatic carbocycles. The molecule has 2 aromatic heterocycles. The Morgan fingerprint density at radius 1 is 1.40 bits per heavy atom. The fourth-order valence-corrected chi connectivity index (χ4v) is 3.79. The van der Waals surface area contributed by atoms with E-state index in [1.807, 2.05) is 6.07 Å². The average molecular weight is 294 g/mol. The third-order valence-corrected chi connectivity index (χ3v) is 5.21. The normalized spacial score (nSPS) is 16.2. The minimum Gasteiger partial charge on any atom is -0.371 e. The molecule has 3 rings (SSSR count). The van der Waals surface area contributed by atoms with Crippen LogP contribution in [0.25, 0.3) is 5.65 Å². The zero-order valence-corrected chi connectivity index (χ0v) is 12.2. The number of hydrogen-bond acceptors (Lipinski definition) is 4. The molecule has 0 saturated heterocycles. The molecule has 1 fully saturated rings. The first kappa shape index (κ1) is 13.4. The molecule has 0 spiro atoms. The number of rotatable bonds is 5. The van der Waals surface area contributed by atoms with Crippen molar-refractivity contribution in [1.29, 1.82) is 0 Å². The predicted octanol–water partition coefficient (Wildman–Crippen LogP) is 1.45. The summed E-state index contributed by atoms with van der Waals surface area (Å²) in [4.78, 5) is 4.29. The minimum absolute atomic E-state index is 0.176. The van der Waals surface area contributed by atoms with Crippen molar-refractivity contribution in [2.75, 3.05) is 18.9 Å². The van der Waals surface area contributed by atoms with Crippen LogP contribution in [0.2, 0.25) is 0 Å². The van der Waals surface area contributed by atoms with Gasteiger partial charge in [0.05, 0.1) is 0 Å². The Morgan fingerprint density at radius 2 is 2.20 bits per heavy atom. The van der Waals surface area contributed by atoms with Crippen LogP contribution in [-0.2, 0) is 10.0 Å². The summed E-state index contributed by atoms with van der Waals surface area (Å²) in [6.45, 7) is 0.506. The van der Waals surface area contributed by atoms with E-state index in [2.05, 4.69) is 15.0 Å². The zero-order chi connectivity index (χ0) is 14.2. The van der Waals surface area contributed by atoms with Crippen LogP contribution < -0.4 is 10.0 Å². The lowest BCUT2D eigenvalue weighted by molar-refractivity contribution is 0.316. The fourth-order valence-electron chi connectivity index (χ4n) is 2.39. The third-order valence-electron chi connectivity index (χ3n) is 3.76. The summed E-state index contributed by atoms with van der Waals surface area (Å²) in [5.74, 6) is 0.847. The summed E-state index contributed by atoms with van der Waals surface area (Å²) < 4.78 is 29.3. The number of nitrogens with one attached hydrogen (secondary N) is 2. The minimum atomic E-state index is -3.57. The van der Waals surface area contributed by atoms with E-state index in [4.69, 9.17) is 0 Å². The Balaban J connectivity index is 1.98. The van der Waals surface area contributed by atoms with Crippen LogP contribution in [0.1, 0.15) is 19.3 Å². The first-order valence-corrected chi connectivity index (χ1v) is 8.24. The number of pyridine rings is 1. The molecule has 2 N–H and O–H groups in total. The van der Waals surface area contributed by atoms with Gasteiger partial charge < -0.3 is 5.32 Å². The van der Waals surface area contributed by atoms with Crippen LogP contribution >= 0.6 is 0 Å². The molecular formula is C13H18N4O2S. The Hall–Kier alpha value is -1.60.